The van der Waals surface area contributed by atoms with Gasteiger partial charge in [0, 0.05) is 37.8 Å². The van der Waals surface area contributed by atoms with Gasteiger partial charge in [-0.3, -0.25) is 9.59 Å². The number of nitrogens with one attached hydrogen (secondary N) is 1. The molecule has 0 saturated carbocycles. The van der Waals surface area contributed by atoms with Gasteiger partial charge in [0.05, 0.1) is 25.8 Å². The summed E-state index contributed by atoms with van der Waals surface area (Å²) in [5.41, 5.74) is 1.50. The van der Waals surface area contributed by atoms with E-state index in [1.807, 2.05) is 6.07 Å². The van der Waals surface area contributed by atoms with Crippen LogP contribution in [-0.2, 0) is 9.59 Å². The molecule has 4 rings (SSSR count). The standard InChI is InChI=1S/C23H26FN3O4/c1-30-19-9-8-16(13-20(19)31-2)27-14-15(12-21(27)28)23(29)25-22-17(24)6-5-7-18(22)26-10-3-4-11-26/h5-9,13,15H,3-4,10-12,14H2,1-2H3,(H,25,29). The normalized spacial score (nSPS) is 18.4. The first-order chi connectivity index (χ1) is 15.0. The number of carbonyl (C=O) groups excluding carboxylic acids is 2. The van der Waals surface area contributed by atoms with Crippen LogP contribution in [0.25, 0.3) is 0 Å². The number of rotatable bonds is 6. The molecule has 1 atom stereocenters. The average molecular weight is 427 g/mol. The van der Waals surface area contributed by atoms with E-state index in [2.05, 4.69) is 10.2 Å². The van der Waals surface area contributed by atoms with Crippen LogP contribution in [0.1, 0.15) is 19.3 Å². The van der Waals surface area contributed by atoms with E-state index >= 15 is 0 Å². The number of carbonyl (C=O) groups is 2. The number of benzene rings is 2. The van der Waals surface area contributed by atoms with Crippen molar-refractivity contribution in [3.8, 4) is 11.5 Å². The van der Waals surface area contributed by atoms with Crippen molar-refractivity contribution in [2.45, 2.75) is 19.3 Å². The van der Waals surface area contributed by atoms with Crippen LogP contribution in [0, 0.1) is 11.7 Å². The molecular weight excluding hydrogens is 401 g/mol. The molecule has 8 heteroatoms. The highest BCUT2D eigenvalue weighted by Gasteiger charge is 2.36. The molecule has 2 amide bonds. The summed E-state index contributed by atoms with van der Waals surface area (Å²) >= 11 is 0. The Kier molecular flexibility index (Phi) is 5.97. The molecule has 2 fully saturated rings. The number of methoxy groups -OCH3 is 2. The number of amides is 2. The van der Waals surface area contributed by atoms with Crippen LogP contribution in [0.4, 0.5) is 21.5 Å². The van der Waals surface area contributed by atoms with E-state index in [-0.39, 0.29) is 30.5 Å². The monoisotopic (exact) mass is 427 g/mol. The predicted molar refractivity (Wildman–Crippen MR) is 116 cm³/mol. The van der Waals surface area contributed by atoms with E-state index in [1.54, 1.807) is 29.2 Å². The number of hydrogen-bond donors (Lipinski definition) is 1. The SMILES string of the molecule is COc1ccc(N2CC(C(=O)Nc3c(F)cccc3N3CCCC3)CC2=O)cc1OC. The number of para-hydroxylation sites is 1. The first-order valence-electron chi connectivity index (χ1n) is 10.4. The molecule has 2 aromatic carbocycles. The molecule has 1 N–H and O–H groups in total. The van der Waals surface area contributed by atoms with E-state index < -0.39 is 11.7 Å². The Balaban J connectivity index is 1.51. The third kappa shape index (κ3) is 4.15. The molecule has 2 aliphatic rings. The van der Waals surface area contributed by atoms with Gasteiger partial charge >= 0.3 is 0 Å². The molecular formula is C23H26FN3O4. The van der Waals surface area contributed by atoms with Gasteiger partial charge in [0.1, 0.15) is 11.5 Å². The van der Waals surface area contributed by atoms with Gasteiger partial charge in [-0.2, -0.15) is 0 Å². The largest absolute Gasteiger partial charge is 0.493 e. The van der Waals surface area contributed by atoms with Crippen molar-refractivity contribution in [1.82, 2.24) is 0 Å². The van der Waals surface area contributed by atoms with Crippen LogP contribution in [0.15, 0.2) is 36.4 Å². The summed E-state index contributed by atoms with van der Waals surface area (Å²) in [4.78, 5) is 29.2. The van der Waals surface area contributed by atoms with Crippen molar-refractivity contribution >= 4 is 28.9 Å². The molecule has 0 radical (unpaired) electrons. The van der Waals surface area contributed by atoms with Gasteiger partial charge in [0.2, 0.25) is 11.8 Å². The van der Waals surface area contributed by atoms with E-state index in [0.717, 1.165) is 25.9 Å². The minimum absolute atomic E-state index is 0.0632. The fourth-order valence-corrected chi connectivity index (χ4v) is 4.21. The molecule has 0 aliphatic carbocycles. The molecule has 2 saturated heterocycles. The van der Waals surface area contributed by atoms with Crippen LogP contribution >= 0.6 is 0 Å². The van der Waals surface area contributed by atoms with Crippen LogP contribution in [0.3, 0.4) is 0 Å². The second-order valence-corrected chi connectivity index (χ2v) is 7.76. The Hall–Kier alpha value is -3.29. The number of nitrogens with zero attached hydrogens (tertiary/aromatic N) is 2. The molecule has 2 heterocycles. The van der Waals surface area contributed by atoms with Crippen LogP contribution < -0.4 is 24.6 Å². The van der Waals surface area contributed by atoms with E-state index in [9.17, 15) is 14.0 Å². The Morgan fingerprint density at radius 1 is 1.10 bits per heavy atom. The Labute approximate surface area is 180 Å². The van der Waals surface area contributed by atoms with Crippen molar-refractivity contribution < 1.29 is 23.5 Å². The topological polar surface area (TPSA) is 71.1 Å². The van der Waals surface area contributed by atoms with Crippen LogP contribution in [-0.4, -0.2) is 45.7 Å². The third-order valence-electron chi connectivity index (χ3n) is 5.86. The first-order valence-corrected chi connectivity index (χ1v) is 10.4. The minimum Gasteiger partial charge on any atom is -0.493 e. The molecule has 1 unspecified atom stereocenters. The van der Waals surface area contributed by atoms with Crippen molar-refractivity contribution in [2.24, 2.45) is 5.92 Å². The van der Waals surface area contributed by atoms with Gasteiger partial charge in [-0.1, -0.05) is 6.07 Å². The Morgan fingerprint density at radius 2 is 1.84 bits per heavy atom. The summed E-state index contributed by atoms with van der Waals surface area (Å²) in [6.07, 6.45) is 2.15. The summed E-state index contributed by atoms with van der Waals surface area (Å²) in [7, 11) is 3.06. The minimum atomic E-state index is -0.577. The average Bonchev–Trinajstić information content (AvgIpc) is 3.44. The lowest BCUT2D eigenvalue weighted by molar-refractivity contribution is -0.122. The lowest BCUT2D eigenvalue weighted by Gasteiger charge is -2.23. The molecule has 7 nitrogen and oxygen atoms in total. The highest BCUT2D eigenvalue weighted by atomic mass is 19.1. The molecule has 2 aliphatic heterocycles. The van der Waals surface area contributed by atoms with Crippen LogP contribution in [0.2, 0.25) is 0 Å². The van der Waals surface area contributed by atoms with E-state index in [0.29, 0.717) is 22.9 Å². The molecule has 164 valence electrons. The van der Waals surface area contributed by atoms with Gasteiger partial charge < -0.3 is 24.6 Å². The van der Waals surface area contributed by atoms with Crippen molar-refractivity contribution in [1.29, 1.82) is 0 Å². The van der Waals surface area contributed by atoms with Crippen LogP contribution in [0.5, 0.6) is 11.5 Å². The number of halogens is 1. The second-order valence-electron chi connectivity index (χ2n) is 7.76. The van der Waals surface area contributed by atoms with E-state index in [4.69, 9.17) is 9.47 Å². The molecule has 0 aromatic heterocycles. The lowest BCUT2D eigenvalue weighted by atomic mass is 10.1. The number of ether oxygens (including phenoxy) is 2. The molecule has 31 heavy (non-hydrogen) atoms. The second kappa shape index (κ2) is 8.83. The Bertz CT molecular complexity index is 991. The smallest absolute Gasteiger partial charge is 0.229 e. The summed E-state index contributed by atoms with van der Waals surface area (Å²) in [6.45, 7) is 1.89. The predicted octanol–water partition coefficient (Wildman–Crippen LogP) is 3.43. The summed E-state index contributed by atoms with van der Waals surface area (Å²) in [5.74, 6) is -0.517. The van der Waals surface area contributed by atoms with Crippen molar-refractivity contribution in [2.75, 3.05) is 49.0 Å². The third-order valence-corrected chi connectivity index (χ3v) is 5.86. The number of hydrogen-bond acceptors (Lipinski definition) is 5. The quantitative estimate of drug-likeness (QED) is 0.765. The lowest BCUT2D eigenvalue weighted by Crippen LogP contribution is -2.29. The van der Waals surface area contributed by atoms with Crippen molar-refractivity contribution in [3.05, 3.63) is 42.2 Å². The van der Waals surface area contributed by atoms with Gasteiger partial charge in [-0.05, 0) is 37.1 Å². The Morgan fingerprint density at radius 3 is 2.55 bits per heavy atom. The molecule has 0 bridgehead atoms. The van der Waals surface area contributed by atoms with Gasteiger partial charge in [0.15, 0.2) is 11.5 Å². The fourth-order valence-electron chi connectivity index (χ4n) is 4.21. The summed E-state index contributed by atoms with van der Waals surface area (Å²) in [6, 6.07) is 9.99. The van der Waals surface area contributed by atoms with Gasteiger partial charge in [-0.15, -0.1) is 0 Å². The maximum absolute atomic E-state index is 14.6. The zero-order valence-corrected chi connectivity index (χ0v) is 17.7. The number of anilines is 3. The highest BCUT2D eigenvalue weighted by Crippen LogP contribution is 2.35. The highest BCUT2D eigenvalue weighted by molar-refractivity contribution is 6.04. The first kappa shape index (κ1) is 21.0. The maximum Gasteiger partial charge on any atom is 0.229 e. The zero-order chi connectivity index (χ0) is 22.0. The van der Waals surface area contributed by atoms with Gasteiger partial charge in [0.25, 0.3) is 0 Å². The summed E-state index contributed by atoms with van der Waals surface area (Å²) < 4.78 is 25.1. The van der Waals surface area contributed by atoms with E-state index in [1.165, 1.54) is 20.3 Å². The summed E-state index contributed by atoms with van der Waals surface area (Å²) in [5, 5.41) is 2.75. The van der Waals surface area contributed by atoms with Gasteiger partial charge in [-0.25, -0.2) is 4.39 Å². The fraction of sp³-hybridized carbons (Fsp3) is 0.391. The molecule has 0 spiro atoms. The maximum atomic E-state index is 14.6. The zero-order valence-electron chi connectivity index (χ0n) is 17.7. The van der Waals surface area contributed by atoms with Crippen molar-refractivity contribution in [3.63, 3.8) is 0 Å². The molecule has 2 aromatic rings.